The molecule has 3 aromatic rings. The zero-order valence-corrected chi connectivity index (χ0v) is 19.8. The highest BCUT2D eigenvalue weighted by molar-refractivity contribution is 7.18. The van der Waals surface area contributed by atoms with E-state index in [1.54, 1.807) is 18.4 Å². The Balaban J connectivity index is 1.48. The van der Waals surface area contributed by atoms with Crippen molar-refractivity contribution < 1.29 is 19.4 Å². The van der Waals surface area contributed by atoms with Crippen LogP contribution < -0.4 is 4.90 Å². The molecule has 1 N–H and O–H groups in total. The quantitative estimate of drug-likeness (QED) is 0.397. The van der Waals surface area contributed by atoms with Crippen molar-refractivity contribution in [1.29, 1.82) is 0 Å². The molecule has 1 amide bonds. The van der Waals surface area contributed by atoms with Crippen molar-refractivity contribution >= 4 is 33.1 Å². The molecule has 2 aliphatic rings. The summed E-state index contributed by atoms with van der Waals surface area (Å²) < 4.78 is 11.9. The number of rotatable bonds is 7. The lowest BCUT2D eigenvalue weighted by Crippen LogP contribution is -2.38. The number of carbonyl (C=O) groups excluding carboxylic acids is 1. The Morgan fingerprint density at radius 1 is 1.18 bits per heavy atom. The van der Waals surface area contributed by atoms with Gasteiger partial charge in [-0.3, -0.25) is 4.79 Å². The lowest BCUT2D eigenvalue weighted by atomic mass is 9.83. The molecular weight excluding hydrogens is 436 g/mol. The Kier molecular flexibility index (Phi) is 6.74. The van der Waals surface area contributed by atoms with Crippen molar-refractivity contribution in [3.05, 3.63) is 58.1 Å². The minimum Gasteiger partial charge on any atom is -0.396 e. The third kappa shape index (κ3) is 4.55. The number of hydrogen-bond acceptors (Lipinski definition) is 6. The fraction of sp³-hybridized carbons (Fsp3) is 0.462. The number of benzene rings is 2. The number of nitrogens with zero attached hydrogens (tertiary/aromatic N) is 2. The van der Waals surface area contributed by atoms with E-state index in [2.05, 4.69) is 12.1 Å². The van der Waals surface area contributed by atoms with E-state index >= 15 is 0 Å². The van der Waals surface area contributed by atoms with Crippen LogP contribution in [0.25, 0.3) is 10.2 Å². The van der Waals surface area contributed by atoms with Gasteiger partial charge in [0.15, 0.2) is 0 Å². The number of carbonyl (C=O) groups is 1. The Bertz CT molecular complexity index is 1140. The number of fused-ring (bicyclic) bond motifs is 2. The fourth-order valence-corrected chi connectivity index (χ4v) is 6.20. The second kappa shape index (κ2) is 9.89. The van der Waals surface area contributed by atoms with Crippen LogP contribution in [0.2, 0.25) is 0 Å². The van der Waals surface area contributed by atoms with E-state index in [0.29, 0.717) is 25.0 Å². The number of thiazole rings is 1. The van der Waals surface area contributed by atoms with Crippen LogP contribution in [0.1, 0.15) is 58.1 Å². The molecule has 1 aromatic heterocycles. The number of aromatic nitrogens is 1. The molecule has 0 spiro atoms. The van der Waals surface area contributed by atoms with Crippen molar-refractivity contribution in [1.82, 2.24) is 4.98 Å². The molecule has 5 rings (SSSR count). The van der Waals surface area contributed by atoms with Crippen molar-refractivity contribution in [2.24, 2.45) is 5.92 Å². The molecule has 1 fully saturated rings. The number of aliphatic hydroxyl groups is 1. The normalized spacial score (nSPS) is 20.9. The fourth-order valence-electron chi connectivity index (χ4n) is 5.05. The predicted molar refractivity (Wildman–Crippen MR) is 130 cm³/mol. The SMILES string of the molecule is COCOCc1cc2nc([C@H]3CC[C@H](CO)CC3)sc2cc1N1CCc2ccccc2C1=O. The summed E-state index contributed by atoms with van der Waals surface area (Å²) in [5, 5.41) is 10.6. The molecule has 0 radical (unpaired) electrons. The van der Waals surface area contributed by atoms with Gasteiger partial charge in [-0.25, -0.2) is 4.98 Å². The number of ether oxygens (including phenoxy) is 2. The van der Waals surface area contributed by atoms with Gasteiger partial charge in [0.2, 0.25) is 0 Å². The molecule has 0 saturated heterocycles. The summed E-state index contributed by atoms with van der Waals surface area (Å²) in [7, 11) is 1.60. The highest BCUT2D eigenvalue weighted by atomic mass is 32.1. The second-order valence-electron chi connectivity index (χ2n) is 9.02. The average molecular weight is 467 g/mol. The first-order chi connectivity index (χ1) is 16.2. The van der Waals surface area contributed by atoms with Crippen LogP contribution >= 0.6 is 11.3 Å². The zero-order valence-electron chi connectivity index (χ0n) is 19.0. The minimum atomic E-state index is 0.0382. The van der Waals surface area contributed by atoms with Gasteiger partial charge in [-0.1, -0.05) is 18.2 Å². The van der Waals surface area contributed by atoms with Gasteiger partial charge in [0.25, 0.3) is 5.91 Å². The molecule has 2 heterocycles. The molecule has 0 bridgehead atoms. The van der Waals surface area contributed by atoms with Gasteiger partial charge in [0, 0.05) is 37.3 Å². The van der Waals surface area contributed by atoms with Crippen LogP contribution in [0, 0.1) is 5.92 Å². The average Bonchev–Trinajstić information content (AvgIpc) is 3.27. The van der Waals surface area contributed by atoms with E-state index in [0.717, 1.165) is 69.7 Å². The number of aliphatic hydroxyl groups excluding tert-OH is 1. The van der Waals surface area contributed by atoms with E-state index in [1.165, 1.54) is 0 Å². The summed E-state index contributed by atoms with van der Waals surface area (Å²) in [4.78, 5) is 20.2. The van der Waals surface area contributed by atoms with Crippen molar-refractivity contribution in [3.8, 4) is 0 Å². The highest BCUT2D eigenvalue weighted by Gasteiger charge is 2.28. The lowest BCUT2D eigenvalue weighted by molar-refractivity contribution is -0.0389. The van der Waals surface area contributed by atoms with Gasteiger partial charge in [0.1, 0.15) is 6.79 Å². The molecule has 0 atom stereocenters. The molecular formula is C26H30N2O4S. The molecule has 6 nitrogen and oxygen atoms in total. The van der Waals surface area contributed by atoms with Crippen LogP contribution in [0.5, 0.6) is 0 Å². The summed E-state index contributed by atoms with van der Waals surface area (Å²) in [5.41, 5.74) is 4.70. The van der Waals surface area contributed by atoms with Gasteiger partial charge < -0.3 is 19.5 Å². The minimum absolute atomic E-state index is 0.0382. The molecule has 1 aliphatic carbocycles. The topological polar surface area (TPSA) is 71.9 Å². The van der Waals surface area contributed by atoms with E-state index in [4.69, 9.17) is 14.5 Å². The maximum absolute atomic E-state index is 13.4. The van der Waals surface area contributed by atoms with Gasteiger partial charge in [-0.2, -0.15) is 0 Å². The van der Waals surface area contributed by atoms with Gasteiger partial charge in [-0.15, -0.1) is 11.3 Å². The Hall–Kier alpha value is -2.32. The summed E-state index contributed by atoms with van der Waals surface area (Å²) in [6.45, 7) is 1.49. The lowest BCUT2D eigenvalue weighted by Gasteiger charge is -2.30. The predicted octanol–water partition coefficient (Wildman–Crippen LogP) is 4.89. The van der Waals surface area contributed by atoms with E-state index in [-0.39, 0.29) is 19.3 Å². The molecule has 7 heteroatoms. The van der Waals surface area contributed by atoms with Crippen molar-refractivity contribution in [2.45, 2.75) is 44.6 Å². The summed E-state index contributed by atoms with van der Waals surface area (Å²) in [6.07, 6.45) is 5.09. The monoisotopic (exact) mass is 466 g/mol. The number of anilines is 1. The number of methoxy groups -OCH3 is 1. The smallest absolute Gasteiger partial charge is 0.258 e. The maximum Gasteiger partial charge on any atom is 0.258 e. The van der Waals surface area contributed by atoms with Gasteiger partial charge >= 0.3 is 0 Å². The molecule has 174 valence electrons. The van der Waals surface area contributed by atoms with Crippen LogP contribution in [-0.2, 0) is 22.5 Å². The third-order valence-corrected chi connectivity index (χ3v) is 8.09. The first-order valence-electron chi connectivity index (χ1n) is 11.7. The molecule has 1 aliphatic heterocycles. The molecule has 2 aromatic carbocycles. The van der Waals surface area contributed by atoms with Gasteiger partial charge in [0.05, 0.1) is 27.5 Å². The Morgan fingerprint density at radius 3 is 2.79 bits per heavy atom. The molecule has 0 unspecified atom stereocenters. The highest BCUT2D eigenvalue weighted by Crippen LogP contribution is 2.40. The summed E-state index contributed by atoms with van der Waals surface area (Å²) >= 11 is 1.74. The summed E-state index contributed by atoms with van der Waals surface area (Å²) in [6, 6.07) is 12.1. The molecule has 1 saturated carbocycles. The van der Waals surface area contributed by atoms with E-state index < -0.39 is 0 Å². The number of hydrogen-bond donors (Lipinski definition) is 1. The van der Waals surface area contributed by atoms with Crippen LogP contribution in [-0.4, -0.2) is 43.1 Å². The standard InChI is InChI=1S/C26H30N2O4S/c1-31-16-32-15-20-12-22-24(33-25(27-22)19-8-6-17(14-29)7-9-19)13-23(20)28-11-10-18-4-2-3-5-21(18)26(28)30/h2-5,12-13,17,19,29H,6-11,14-16H2,1H3/t17-,19-. The first kappa shape index (κ1) is 22.5. The zero-order chi connectivity index (χ0) is 22.8. The van der Waals surface area contributed by atoms with Crippen molar-refractivity contribution in [3.63, 3.8) is 0 Å². The maximum atomic E-state index is 13.4. The third-order valence-electron chi connectivity index (χ3n) is 6.91. The Labute approximate surface area is 198 Å². The van der Waals surface area contributed by atoms with Gasteiger partial charge in [-0.05, 0) is 61.8 Å². The molecule has 33 heavy (non-hydrogen) atoms. The van der Waals surface area contributed by atoms with Crippen LogP contribution in [0.15, 0.2) is 36.4 Å². The van der Waals surface area contributed by atoms with Crippen molar-refractivity contribution in [2.75, 3.05) is 32.0 Å². The summed E-state index contributed by atoms with van der Waals surface area (Å²) in [5.74, 6) is 0.918. The Morgan fingerprint density at radius 2 is 2.00 bits per heavy atom. The van der Waals surface area contributed by atoms with E-state index in [9.17, 15) is 9.90 Å². The van der Waals surface area contributed by atoms with Crippen LogP contribution in [0.4, 0.5) is 5.69 Å². The van der Waals surface area contributed by atoms with Crippen LogP contribution in [0.3, 0.4) is 0 Å². The number of amides is 1. The largest absolute Gasteiger partial charge is 0.396 e. The van der Waals surface area contributed by atoms with E-state index in [1.807, 2.05) is 29.2 Å². The first-order valence-corrected chi connectivity index (χ1v) is 12.5. The second-order valence-corrected chi connectivity index (χ2v) is 10.1.